The Labute approximate surface area is 151 Å². The van der Waals surface area contributed by atoms with Gasteiger partial charge < -0.3 is 10.2 Å². The van der Waals surface area contributed by atoms with E-state index in [0.29, 0.717) is 5.91 Å². The minimum Gasteiger partial charge on any atom is -0.342 e. The molecule has 3 aliphatic rings. The molecular formula is C21H31N3O. The number of benzene rings is 1. The Hall–Kier alpha value is -1.39. The van der Waals surface area contributed by atoms with Crippen LogP contribution in [0.1, 0.15) is 31.2 Å². The van der Waals surface area contributed by atoms with Gasteiger partial charge in [-0.1, -0.05) is 30.3 Å². The van der Waals surface area contributed by atoms with Crippen LogP contribution < -0.4 is 5.32 Å². The summed E-state index contributed by atoms with van der Waals surface area (Å²) >= 11 is 0. The van der Waals surface area contributed by atoms with Crippen LogP contribution >= 0.6 is 0 Å². The third-order valence-corrected chi connectivity index (χ3v) is 6.52. The molecular weight excluding hydrogens is 310 g/mol. The van der Waals surface area contributed by atoms with E-state index in [4.69, 9.17) is 0 Å². The van der Waals surface area contributed by atoms with Crippen LogP contribution in [0.2, 0.25) is 0 Å². The number of rotatable bonds is 3. The lowest BCUT2D eigenvalue weighted by molar-refractivity contribution is -0.137. The summed E-state index contributed by atoms with van der Waals surface area (Å²) in [5.74, 6) is 2.28. The highest BCUT2D eigenvalue weighted by atomic mass is 16.2. The molecule has 3 saturated heterocycles. The molecule has 0 saturated carbocycles. The van der Waals surface area contributed by atoms with E-state index >= 15 is 0 Å². The highest BCUT2D eigenvalue weighted by Gasteiger charge is 2.34. The molecule has 0 aromatic heterocycles. The van der Waals surface area contributed by atoms with Crippen LogP contribution in [-0.4, -0.2) is 55.0 Å². The van der Waals surface area contributed by atoms with Gasteiger partial charge in [0.2, 0.25) is 5.91 Å². The fourth-order valence-electron chi connectivity index (χ4n) is 4.88. The van der Waals surface area contributed by atoms with Crippen LogP contribution in [0.25, 0.3) is 0 Å². The fraction of sp³-hybridized carbons (Fsp3) is 0.667. The van der Waals surface area contributed by atoms with Crippen LogP contribution in [0.15, 0.2) is 30.3 Å². The number of nitrogens with zero attached hydrogens (tertiary/aromatic N) is 2. The van der Waals surface area contributed by atoms with Crippen LogP contribution in [0.5, 0.6) is 0 Å². The smallest absolute Gasteiger partial charge is 0.225 e. The number of piperidine rings is 1. The first-order chi connectivity index (χ1) is 12.3. The molecule has 136 valence electrons. The van der Waals surface area contributed by atoms with Gasteiger partial charge in [0.05, 0.1) is 0 Å². The molecule has 1 N–H and O–H groups in total. The first-order valence-corrected chi connectivity index (χ1v) is 10.1. The minimum absolute atomic E-state index is 0.253. The van der Waals surface area contributed by atoms with Gasteiger partial charge in [-0.2, -0.15) is 0 Å². The second kappa shape index (κ2) is 7.88. The number of nitrogens with one attached hydrogen (secondary N) is 1. The van der Waals surface area contributed by atoms with Crippen molar-refractivity contribution in [2.24, 2.45) is 17.8 Å². The second-order valence-corrected chi connectivity index (χ2v) is 8.12. The van der Waals surface area contributed by atoms with Crippen LogP contribution in [0.3, 0.4) is 0 Å². The third kappa shape index (κ3) is 4.06. The predicted molar refractivity (Wildman–Crippen MR) is 100 cm³/mol. The molecule has 3 heterocycles. The lowest BCUT2D eigenvalue weighted by atomic mass is 9.92. The summed E-state index contributed by atoms with van der Waals surface area (Å²) in [4.78, 5) is 17.7. The molecule has 1 aromatic carbocycles. The van der Waals surface area contributed by atoms with Crippen molar-refractivity contribution in [3.63, 3.8) is 0 Å². The van der Waals surface area contributed by atoms with E-state index in [1.165, 1.54) is 18.4 Å². The van der Waals surface area contributed by atoms with E-state index in [2.05, 4.69) is 45.4 Å². The van der Waals surface area contributed by atoms with Gasteiger partial charge in [0.25, 0.3) is 0 Å². The zero-order valence-electron chi connectivity index (χ0n) is 15.2. The minimum atomic E-state index is 0.253. The van der Waals surface area contributed by atoms with Crippen molar-refractivity contribution in [3.05, 3.63) is 35.9 Å². The molecule has 0 bridgehead atoms. The lowest BCUT2D eigenvalue weighted by Crippen LogP contribution is -2.43. The van der Waals surface area contributed by atoms with Crippen molar-refractivity contribution in [1.82, 2.24) is 15.1 Å². The SMILES string of the molecule is O=C(C1CCN(Cc2ccccc2)CC1)N1CC[C@@H]2CNC[C@@H]2CC1. The van der Waals surface area contributed by atoms with Gasteiger partial charge in [-0.05, 0) is 69.3 Å². The Morgan fingerprint density at radius 1 is 0.920 bits per heavy atom. The van der Waals surface area contributed by atoms with Crippen LogP contribution in [0.4, 0.5) is 0 Å². The molecule has 3 aliphatic heterocycles. The lowest BCUT2D eigenvalue weighted by Gasteiger charge is -2.34. The monoisotopic (exact) mass is 341 g/mol. The summed E-state index contributed by atoms with van der Waals surface area (Å²) in [6.45, 7) is 7.39. The summed E-state index contributed by atoms with van der Waals surface area (Å²) < 4.78 is 0. The normalized spacial score (nSPS) is 28.6. The maximum Gasteiger partial charge on any atom is 0.225 e. The first-order valence-electron chi connectivity index (χ1n) is 10.1. The summed E-state index contributed by atoms with van der Waals surface area (Å²) in [5.41, 5.74) is 1.37. The van der Waals surface area contributed by atoms with E-state index in [1.807, 2.05) is 0 Å². The molecule has 0 radical (unpaired) electrons. The number of likely N-dealkylation sites (tertiary alicyclic amines) is 2. The van der Waals surface area contributed by atoms with E-state index < -0.39 is 0 Å². The van der Waals surface area contributed by atoms with Gasteiger partial charge in [-0.25, -0.2) is 0 Å². The molecule has 4 rings (SSSR count). The Morgan fingerprint density at radius 2 is 1.56 bits per heavy atom. The average Bonchev–Trinajstić information content (AvgIpc) is 3.01. The second-order valence-electron chi connectivity index (χ2n) is 8.12. The Morgan fingerprint density at radius 3 is 2.20 bits per heavy atom. The molecule has 0 spiro atoms. The number of carbonyl (C=O) groups excluding carboxylic acids is 1. The zero-order chi connectivity index (χ0) is 17.1. The topological polar surface area (TPSA) is 35.6 Å². The van der Waals surface area contributed by atoms with Crippen LogP contribution in [0, 0.1) is 17.8 Å². The van der Waals surface area contributed by atoms with Gasteiger partial charge in [-0.3, -0.25) is 9.69 Å². The van der Waals surface area contributed by atoms with Gasteiger partial charge in [0.1, 0.15) is 0 Å². The van der Waals surface area contributed by atoms with E-state index in [9.17, 15) is 4.79 Å². The molecule has 4 heteroatoms. The number of amides is 1. The van der Waals surface area contributed by atoms with E-state index in [-0.39, 0.29) is 5.92 Å². The summed E-state index contributed by atoms with van der Waals surface area (Å²) in [6.07, 6.45) is 4.43. The van der Waals surface area contributed by atoms with Crippen molar-refractivity contribution in [2.75, 3.05) is 39.3 Å². The third-order valence-electron chi connectivity index (χ3n) is 6.52. The van der Waals surface area contributed by atoms with Crippen LogP contribution in [-0.2, 0) is 11.3 Å². The average molecular weight is 341 g/mol. The number of hydrogen-bond acceptors (Lipinski definition) is 3. The van der Waals surface area contributed by atoms with Gasteiger partial charge in [-0.15, -0.1) is 0 Å². The van der Waals surface area contributed by atoms with Gasteiger partial charge >= 0.3 is 0 Å². The predicted octanol–water partition coefficient (Wildman–Crippen LogP) is 2.36. The molecule has 1 aromatic rings. The van der Waals surface area contributed by atoms with Crippen molar-refractivity contribution in [2.45, 2.75) is 32.2 Å². The largest absolute Gasteiger partial charge is 0.342 e. The van der Waals surface area contributed by atoms with Crippen molar-refractivity contribution in [1.29, 1.82) is 0 Å². The van der Waals surface area contributed by atoms with Gasteiger partial charge in [0, 0.05) is 25.6 Å². The quantitative estimate of drug-likeness (QED) is 0.917. The maximum atomic E-state index is 13.0. The Balaban J connectivity index is 1.26. The Kier molecular flexibility index (Phi) is 5.37. The van der Waals surface area contributed by atoms with Crippen molar-refractivity contribution in [3.8, 4) is 0 Å². The molecule has 1 amide bonds. The standard InChI is InChI=1S/C21H31N3O/c25-21(24-12-8-19-14-22-15-20(19)9-13-24)18-6-10-23(11-7-18)16-17-4-2-1-3-5-17/h1-5,18-20,22H,6-16H2/t19-,20+. The summed E-state index contributed by atoms with van der Waals surface area (Å²) in [6, 6.07) is 10.7. The molecule has 0 aliphatic carbocycles. The van der Waals surface area contributed by atoms with E-state index in [1.54, 1.807) is 0 Å². The summed E-state index contributed by atoms with van der Waals surface area (Å²) in [5, 5.41) is 3.52. The first kappa shape index (κ1) is 17.0. The fourth-order valence-corrected chi connectivity index (χ4v) is 4.88. The highest BCUT2D eigenvalue weighted by molar-refractivity contribution is 5.79. The number of hydrogen-bond donors (Lipinski definition) is 1. The molecule has 4 nitrogen and oxygen atoms in total. The molecule has 2 atom stereocenters. The highest BCUT2D eigenvalue weighted by Crippen LogP contribution is 2.29. The maximum absolute atomic E-state index is 13.0. The zero-order valence-corrected chi connectivity index (χ0v) is 15.2. The molecule has 0 unspecified atom stereocenters. The van der Waals surface area contributed by atoms with Crippen molar-refractivity contribution < 1.29 is 4.79 Å². The summed E-state index contributed by atoms with van der Waals surface area (Å²) in [7, 11) is 0. The Bertz CT molecular complexity index is 554. The number of fused-ring (bicyclic) bond motifs is 1. The van der Waals surface area contributed by atoms with Crippen molar-refractivity contribution >= 4 is 5.91 Å². The van der Waals surface area contributed by atoms with Gasteiger partial charge in [0.15, 0.2) is 0 Å². The molecule has 25 heavy (non-hydrogen) atoms. The van der Waals surface area contributed by atoms with E-state index in [0.717, 1.165) is 70.5 Å². The number of carbonyl (C=O) groups is 1. The molecule has 3 fully saturated rings.